The molecule has 0 aliphatic carbocycles. The molecule has 1 aromatic heterocycles. The molecule has 1 aliphatic rings. The maximum absolute atomic E-state index is 12.1. The van der Waals surface area contributed by atoms with E-state index >= 15 is 0 Å². The lowest BCUT2D eigenvalue weighted by Crippen LogP contribution is -2.33. The van der Waals surface area contributed by atoms with Crippen LogP contribution in [-0.4, -0.2) is 25.8 Å². The molecule has 21 heavy (non-hydrogen) atoms. The van der Waals surface area contributed by atoms with Crippen LogP contribution in [0.15, 0.2) is 34.7 Å². The number of carbonyl (C=O) groups excluding carboxylic acids is 1. The molecule has 0 spiro atoms. The van der Waals surface area contributed by atoms with E-state index in [1.807, 2.05) is 37.3 Å². The Morgan fingerprint density at radius 3 is 2.81 bits per heavy atom. The van der Waals surface area contributed by atoms with Crippen LogP contribution in [0.2, 0.25) is 0 Å². The zero-order valence-electron chi connectivity index (χ0n) is 11.7. The minimum absolute atomic E-state index is 0.0499. The first kappa shape index (κ1) is 14.1. The molecule has 0 unspecified atom stereocenters. The predicted molar refractivity (Wildman–Crippen MR) is 79.5 cm³/mol. The highest BCUT2D eigenvalue weighted by Crippen LogP contribution is 2.25. The lowest BCUT2D eigenvalue weighted by atomic mass is 10.1. The van der Waals surface area contributed by atoms with E-state index < -0.39 is 15.8 Å². The Hall–Kier alpha value is -1.82. The van der Waals surface area contributed by atoms with Crippen molar-refractivity contribution in [1.29, 1.82) is 0 Å². The summed E-state index contributed by atoms with van der Waals surface area (Å²) in [6.07, 6.45) is 0.404. The van der Waals surface area contributed by atoms with E-state index in [9.17, 15) is 13.2 Å². The molecule has 112 valence electrons. The molecule has 1 aliphatic heterocycles. The van der Waals surface area contributed by atoms with Crippen molar-refractivity contribution in [1.82, 2.24) is 5.32 Å². The van der Waals surface area contributed by atoms with E-state index in [0.717, 1.165) is 11.0 Å². The van der Waals surface area contributed by atoms with E-state index in [4.69, 9.17) is 4.42 Å². The maximum Gasteiger partial charge on any atom is 0.224 e. The number of carbonyl (C=O) groups is 1. The van der Waals surface area contributed by atoms with Gasteiger partial charge < -0.3 is 9.73 Å². The van der Waals surface area contributed by atoms with Gasteiger partial charge in [0.25, 0.3) is 0 Å². The monoisotopic (exact) mass is 307 g/mol. The average Bonchev–Trinajstić information content (AvgIpc) is 3.01. The molecule has 0 bridgehead atoms. The number of para-hydroxylation sites is 1. The van der Waals surface area contributed by atoms with Crippen molar-refractivity contribution in [2.45, 2.75) is 19.4 Å². The third-order valence-corrected chi connectivity index (χ3v) is 5.60. The van der Waals surface area contributed by atoms with E-state index in [1.165, 1.54) is 0 Å². The minimum atomic E-state index is -3.05. The lowest BCUT2D eigenvalue weighted by molar-refractivity contribution is -0.125. The van der Waals surface area contributed by atoms with Crippen molar-refractivity contribution in [3.8, 4) is 0 Å². The van der Waals surface area contributed by atoms with Gasteiger partial charge in [0.1, 0.15) is 11.3 Å². The second-order valence-electron chi connectivity index (χ2n) is 5.52. The fourth-order valence-electron chi connectivity index (χ4n) is 2.62. The van der Waals surface area contributed by atoms with Crippen LogP contribution in [0.4, 0.5) is 0 Å². The molecular formula is C15H17NO4S. The Morgan fingerprint density at radius 2 is 2.14 bits per heavy atom. The highest BCUT2D eigenvalue weighted by molar-refractivity contribution is 7.91. The Kier molecular flexibility index (Phi) is 3.49. The molecule has 1 saturated heterocycles. The standard InChI is InChI=1S/C15H17NO4S/c1-10(14-8-11-4-2-3-5-13(11)20-14)16-15(17)12-6-7-21(18,19)9-12/h2-5,8,10,12H,6-7,9H2,1H3,(H,16,17)/t10-,12-/m0/s1. The molecule has 1 amide bonds. The van der Waals surface area contributed by atoms with Gasteiger partial charge in [0.2, 0.25) is 5.91 Å². The minimum Gasteiger partial charge on any atom is -0.459 e. The molecule has 5 nitrogen and oxygen atoms in total. The SMILES string of the molecule is C[C@H](NC(=O)[C@H]1CCS(=O)(=O)C1)c1cc2ccccc2o1. The van der Waals surface area contributed by atoms with E-state index in [-0.39, 0.29) is 23.5 Å². The third kappa shape index (κ3) is 2.95. The second kappa shape index (κ2) is 5.18. The summed E-state index contributed by atoms with van der Waals surface area (Å²) < 4.78 is 28.5. The number of furan rings is 1. The number of fused-ring (bicyclic) bond motifs is 1. The van der Waals surface area contributed by atoms with Gasteiger partial charge in [-0.3, -0.25) is 4.79 Å². The smallest absolute Gasteiger partial charge is 0.224 e. The van der Waals surface area contributed by atoms with Crippen LogP contribution in [0.5, 0.6) is 0 Å². The number of hydrogen-bond donors (Lipinski definition) is 1. The summed E-state index contributed by atoms with van der Waals surface area (Å²) >= 11 is 0. The molecule has 2 aromatic rings. The van der Waals surface area contributed by atoms with Crippen LogP contribution < -0.4 is 5.32 Å². The van der Waals surface area contributed by atoms with Gasteiger partial charge in [-0.15, -0.1) is 0 Å². The quantitative estimate of drug-likeness (QED) is 0.941. The van der Waals surface area contributed by atoms with Crippen molar-refractivity contribution >= 4 is 26.7 Å². The Bertz CT molecular complexity index is 745. The Labute approximate surface area is 123 Å². The van der Waals surface area contributed by atoms with Gasteiger partial charge in [0.05, 0.1) is 23.5 Å². The number of sulfone groups is 1. The van der Waals surface area contributed by atoms with Gasteiger partial charge in [-0.25, -0.2) is 8.42 Å². The maximum atomic E-state index is 12.1. The van der Waals surface area contributed by atoms with Crippen LogP contribution in [0.3, 0.4) is 0 Å². The summed E-state index contributed by atoms with van der Waals surface area (Å²) in [6, 6.07) is 9.24. The number of amides is 1. The van der Waals surface area contributed by atoms with Gasteiger partial charge in [-0.2, -0.15) is 0 Å². The van der Waals surface area contributed by atoms with Crippen LogP contribution in [0.25, 0.3) is 11.0 Å². The molecule has 6 heteroatoms. The van der Waals surface area contributed by atoms with Gasteiger partial charge in [0.15, 0.2) is 9.84 Å². The molecule has 1 fully saturated rings. The predicted octanol–water partition coefficient (Wildman–Crippen LogP) is 2.04. The fraction of sp³-hybridized carbons (Fsp3) is 0.400. The highest BCUT2D eigenvalue weighted by Gasteiger charge is 2.33. The number of rotatable bonds is 3. The summed E-state index contributed by atoms with van der Waals surface area (Å²) in [4.78, 5) is 12.1. The van der Waals surface area contributed by atoms with E-state index in [0.29, 0.717) is 12.2 Å². The summed E-state index contributed by atoms with van der Waals surface area (Å²) in [5.74, 6) is 0.0618. The Balaban J connectivity index is 1.71. The lowest BCUT2D eigenvalue weighted by Gasteiger charge is -2.14. The molecule has 0 radical (unpaired) electrons. The number of nitrogens with one attached hydrogen (secondary N) is 1. The van der Waals surface area contributed by atoms with Crippen molar-refractivity contribution < 1.29 is 17.6 Å². The highest BCUT2D eigenvalue weighted by atomic mass is 32.2. The summed E-state index contributed by atoms with van der Waals surface area (Å²) in [7, 11) is -3.05. The van der Waals surface area contributed by atoms with Crippen molar-refractivity contribution in [3.05, 3.63) is 36.1 Å². The first-order chi connectivity index (χ1) is 9.94. The zero-order valence-corrected chi connectivity index (χ0v) is 12.5. The van der Waals surface area contributed by atoms with E-state index in [1.54, 1.807) is 0 Å². The first-order valence-corrected chi connectivity index (χ1v) is 8.76. The second-order valence-corrected chi connectivity index (χ2v) is 7.75. The van der Waals surface area contributed by atoms with Crippen molar-refractivity contribution in [2.24, 2.45) is 5.92 Å². The van der Waals surface area contributed by atoms with Gasteiger partial charge in [-0.05, 0) is 25.5 Å². The molecule has 1 N–H and O–H groups in total. The van der Waals surface area contributed by atoms with Crippen LogP contribution in [0, 0.1) is 5.92 Å². The molecule has 2 atom stereocenters. The number of benzene rings is 1. The van der Waals surface area contributed by atoms with Crippen LogP contribution in [-0.2, 0) is 14.6 Å². The van der Waals surface area contributed by atoms with E-state index in [2.05, 4.69) is 5.32 Å². The van der Waals surface area contributed by atoms with Gasteiger partial charge >= 0.3 is 0 Å². The molecule has 0 saturated carbocycles. The first-order valence-electron chi connectivity index (χ1n) is 6.94. The molecular weight excluding hydrogens is 290 g/mol. The average molecular weight is 307 g/mol. The van der Waals surface area contributed by atoms with Gasteiger partial charge in [0, 0.05) is 5.39 Å². The van der Waals surface area contributed by atoms with Crippen molar-refractivity contribution in [2.75, 3.05) is 11.5 Å². The fourth-order valence-corrected chi connectivity index (χ4v) is 4.36. The number of hydrogen-bond acceptors (Lipinski definition) is 4. The Morgan fingerprint density at radius 1 is 1.38 bits per heavy atom. The summed E-state index contributed by atoms with van der Waals surface area (Å²) in [6.45, 7) is 1.83. The molecule has 3 rings (SSSR count). The van der Waals surface area contributed by atoms with Gasteiger partial charge in [-0.1, -0.05) is 18.2 Å². The normalized spacial score (nSPS) is 22.2. The molecule has 1 aromatic carbocycles. The van der Waals surface area contributed by atoms with Crippen LogP contribution in [0.1, 0.15) is 25.1 Å². The van der Waals surface area contributed by atoms with Crippen molar-refractivity contribution in [3.63, 3.8) is 0 Å². The molecule has 2 heterocycles. The largest absolute Gasteiger partial charge is 0.459 e. The third-order valence-electron chi connectivity index (χ3n) is 3.83. The van der Waals surface area contributed by atoms with Crippen LogP contribution >= 0.6 is 0 Å². The summed E-state index contributed by atoms with van der Waals surface area (Å²) in [5.41, 5.74) is 0.775. The topological polar surface area (TPSA) is 76.4 Å². The zero-order chi connectivity index (χ0) is 15.0. The summed E-state index contributed by atoms with van der Waals surface area (Å²) in [5, 5.41) is 3.82.